The van der Waals surface area contributed by atoms with Crippen molar-refractivity contribution >= 4 is 5.91 Å². The maximum atomic E-state index is 11.8. The van der Waals surface area contributed by atoms with Gasteiger partial charge in [0.05, 0.1) is 12.7 Å². The lowest BCUT2D eigenvalue weighted by molar-refractivity contribution is 0.0963. The minimum Gasteiger partial charge on any atom is -0.507 e. The van der Waals surface area contributed by atoms with Crippen LogP contribution < -0.4 is 10.1 Å². The second-order valence-corrected chi connectivity index (χ2v) is 6.20. The zero-order valence-corrected chi connectivity index (χ0v) is 14.3. The molecule has 23 heavy (non-hydrogen) atoms. The van der Waals surface area contributed by atoms with Crippen molar-refractivity contribution in [1.82, 2.24) is 5.32 Å². The van der Waals surface area contributed by atoms with Crippen LogP contribution in [0.15, 0.2) is 29.4 Å². The summed E-state index contributed by atoms with van der Waals surface area (Å²) in [5.74, 6) is 0.458. The van der Waals surface area contributed by atoms with E-state index >= 15 is 0 Å². The number of carbonyl (C=O) groups is 1. The van der Waals surface area contributed by atoms with Gasteiger partial charge >= 0.3 is 0 Å². The van der Waals surface area contributed by atoms with Gasteiger partial charge in [0.1, 0.15) is 11.5 Å². The lowest BCUT2D eigenvalue weighted by Gasteiger charge is -2.12. The maximum Gasteiger partial charge on any atom is 0.255 e. The summed E-state index contributed by atoms with van der Waals surface area (Å²) in [5, 5.41) is 13.2. The molecule has 0 spiro atoms. The highest BCUT2D eigenvalue weighted by Crippen LogP contribution is 2.37. The Morgan fingerprint density at radius 3 is 2.74 bits per heavy atom. The number of carbonyl (C=O) groups excluding carboxylic acids is 1. The van der Waals surface area contributed by atoms with E-state index in [1.165, 1.54) is 11.1 Å². The minimum atomic E-state index is -0.217. The molecule has 0 aliphatic carbocycles. The standard InChI is InChI=1S/C19H25NO3/c1-12(2)6-5-7-13(3)8-9-15-16(23-4)10-14-11-20-19(22)17(14)18(15)21/h6,8,10,21H,5,7,9,11H2,1-4H3,(H,20,22)/b13-8+. The number of rotatable bonds is 6. The van der Waals surface area contributed by atoms with Crippen LogP contribution >= 0.6 is 0 Å². The van der Waals surface area contributed by atoms with E-state index in [4.69, 9.17) is 4.74 Å². The van der Waals surface area contributed by atoms with Crippen LogP contribution in [0.3, 0.4) is 0 Å². The molecule has 0 atom stereocenters. The second kappa shape index (κ2) is 7.36. The number of ether oxygens (including phenoxy) is 1. The molecule has 124 valence electrons. The van der Waals surface area contributed by atoms with Gasteiger partial charge in [0.15, 0.2) is 0 Å². The average Bonchev–Trinajstić information content (AvgIpc) is 2.87. The largest absolute Gasteiger partial charge is 0.507 e. The highest BCUT2D eigenvalue weighted by molar-refractivity contribution is 6.01. The van der Waals surface area contributed by atoms with Gasteiger partial charge in [-0.05, 0) is 51.7 Å². The molecule has 0 saturated carbocycles. The summed E-state index contributed by atoms with van der Waals surface area (Å²) in [4.78, 5) is 11.8. The lowest BCUT2D eigenvalue weighted by atomic mass is 9.99. The van der Waals surface area contributed by atoms with Crippen molar-refractivity contribution in [1.29, 1.82) is 0 Å². The molecule has 1 aromatic rings. The normalized spacial score (nSPS) is 13.6. The van der Waals surface area contributed by atoms with E-state index in [-0.39, 0.29) is 11.7 Å². The smallest absolute Gasteiger partial charge is 0.255 e. The fraction of sp³-hybridized carbons (Fsp3) is 0.421. The molecule has 0 saturated heterocycles. The molecule has 1 aliphatic rings. The minimum absolute atomic E-state index is 0.0442. The number of hydrogen-bond donors (Lipinski definition) is 2. The van der Waals surface area contributed by atoms with Crippen LogP contribution in [0.5, 0.6) is 11.5 Å². The Morgan fingerprint density at radius 2 is 2.09 bits per heavy atom. The van der Waals surface area contributed by atoms with Gasteiger partial charge in [-0.25, -0.2) is 0 Å². The predicted octanol–water partition coefficient (Wildman–Crippen LogP) is 3.88. The fourth-order valence-corrected chi connectivity index (χ4v) is 2.74. The molecule has 0 unspecified atom stereocenters. The summed E-state index contributed by atoms with van der Waals surface area (Å²) in [6, 6.07) is 1.84. The number of phenols is 1. The molecule has 2 N–H and O–H groups in total. The molecule has 4 nitrogen and oxygen atoms in total. The van der Waals surface area contributed by atoms with Crippen molar-refractivity contribution in [3.8, 4) is 11.5 Å². The Balaban J connectivity index is 2.21. The summed E-state index contributed by atoms with van der Waals surface area (Å²) >= 11 is 0. The van der Waals surface area contributed by atoms with Crippen molar-refractivity contribution < 1.29 is 14.6 Å². The van der Waals surface area contributed by atoms with Crippen molar-refractivity contribution in [2.24, 2.45) is 0 Å². The van der Waals surface area contributed by atoms with Crippen LogP contribution in [-0.2, 0) is 13.0 Å². The zero-order valence-electron chi connectivity index (χ0n) is 14.3. The van der Waals surface area contributed by atoms with Gasteiger partial charge in [-0.3, -0.25) is 4.79 Å². The third-order valence-electron chi connectivity index (χ3n) is 4.08. The summed E-state index contributed by atoms with van der Waals surface area (Å²) in [6.45, 7) is 6.72. The third-order valence-corrected chi connectivity index (χ3v) is 4.08. The highest BCUT2D eigenvalue weighted by atomic mass is 16.5. The van der Waals surface area contributed by atoms with Gasteiger partial charge in [-0.15, -0.1) is 0 Å². The lowest BCUT2D eigenvalue weighted by Crippen LogP contribution is -2.12. The Bertz CT molecular complexity index is 668. The number of benzene rings is 1. The number of methoxy groups -OCH3 is 1. The van der Waals surface area contributed by atoms with Crippen molar-refractivity contribution in [2.45, 2.75) is 46.6 Å². The summed E-state index contributed by atoms with van der Waals surface area (Å²) in [6.07, 6.45) is 6.86. The molecule has 1 heterocycles. The number of allylic oxidation sites excluding steroid dienone is 4. The molecule has 4 heteroatoms. The first-order valence-electron chi connectivity index (χ1n) is 7.93. The Labute approximate surface area is 137 Å². The number of hydrogen-bond acceptors (Lipinski definition) is 3. The molecule has 0 bridgehead atoms. The highest BCUT2D eigenvalue weighted by Gasteiger charge is 2.27. The van der Waals surface area contributed by atoms with Gasteiger partial charge in [-0.1, -0.05) is 23.3 Å². The van der Waals surface area contributed by atoms with E-state index in [2.05, 4.69) is 38.2 Å². The number of fused-ring (bicyclic) bond motifs is 1. The maximum absolute atomic E-state index is 11.8. The zero-order chi connectivity index (χ0) is 17.0. The second-order valence-electron chi connectivity index (χ2n) is 6.20. The van der Waals surface area contributed by atoms with Crippen LogP contribution in [0.1, 0.15) is 55.1 Å². The first-order chi connectivity index (χ1) is 10.9. The number of phenolic OH excluding ortho intramolecular Hbond substituents is 1. The molecular formula is C19H25NO3. The molecule has 0 fully saturated rings. The summed E-state index contributed by atoms with van der Waals surface area (Å²) in [5.41, 5.74) is 4.43. The number of amides is 1. The SMILES string of the molecule is COc1cc2c(c(O)c1C/C=C(\C)CCC=C(C)C)C(=O)NC2. The van der Waals surface area contributed by atoms with Crippen molar-refractivity contribution in [3.05, 3.63) is 46.1 Å². The fourth-order valence-electron chi connectivity index (χ4n) is 2.74. The Hall–Kier alpha value is -2.23. The molecule has 1 aromatic carbocycles. The van der Waals surface area contributed by atoms with E-state index in [9.17, 15) is 9.90 Å². The topological polar surface area (TPSA) is 58.6 Å². The quantitative estimate of drug-likeness (QED) is 0.783. The van der Waals surface area contributed by atoms with E-state index < -0.39 is 0 Å². The van der Waals surface area contributed by atoms with E-state index in [0.717, 1.165) is 18.4 Å². The first kappa shape index (κ1) is 17.1. The number of nitrogens with one attached hydrogen (secondary N) is 1. The Morgan fingerprint density at radius 1 is 1.35 bits per heavy atom. The molecule has 1 aliphatic heterocycles. The monoisotopic (exact) mass is 315 g/mol. The summed E-state index contributed by atoms with van der Waals surface area (Å²) < 4.78 is 5.39. The molecule has 2 rings (SSSR count). The van der Waals surface area contributed by atoms with Gasteiger partial charge in [-0.2, -0.15) is 0 Å². The van der Waals surface area contributed by atoms with Crippen LogP contribution in [-0.4, -0.2) is 18.1 Å². The van der Waals surface area contributed by atoms with E-state index in [0.29, 0.717) is 29.8 Å². The predicted molar refractivity (Wildman–Crippen MR) is 92.0 cm³/mol. The van der Waals surface area contributed by atoms with Gasteiger partial charge in [0.25, 0.3) is 5.91 Å². The van der Waals surface area contributed by atoms with Crippen LogP contribution in [0.2, 0.25) is 0 Å². The third kappa shape index (κ3) is 3.95. The van der Waals surface area contributed by atoms with E-state index in [1.807, 2.05) is 6.07 Å². The average molecular weight is 315 g/mol. The Kier molecular flexibility index (Phi) is 5.48. The van der Waals surface area contributed by atoms with Crippen molar-refractivity contribution in [3.63, 3.8) is 0 Å². The first-order valence-corrected chi connectivity index (χ1v) is 7.93. The van der Waals surface area contributed by atoms with E-state index in [1.54, 1.807) is 7.11 Å². The van der Waals surface area contributed by atoms with Gasteiger partial charge < -0.3 is 15.2 Å². The van der Waals surface area contributed by atoms with Crippen molar-refractivity contribution in [2.75, 3.05) is 7.11 Å². The summed E-state index contributed by atoms with van der Waals surface area (Å²) in [7, 11) is 1.58. The number of aromatic hydroxyl groups is 1. The van der Waals surface area contributed by atoms with Crippen LogP contribution in [0, 0.1) is 0 Å². The molecule has 0 aromatic heterocycles. The molecular weight excluding hydrogens is 290 g/mol. The molecule has 1 amide bonds. The van der Waals surface area contributed by atoms with Gasteiger partial charge in [0.2, 0.25) is 0 Å². The van der Waals surface area contributed by atoms with Crippen LogP contribution in [0.4, 0.5) is 0 Å². The molecule has 0 radical (unpaired) electrons. The van der Waals surface area contributed by atoms with Gasteiger partial charge in [0, 0.05) is 12.1 Å². The van der Waals surface area contributed by atoms with Crippen LogP contribution in [0.25, 0.3) is 0 Å².